The molecule has 2 rings (SSSR count). The monoisotopic (exact) mass is 265 g/mol. The number of nitrogens with zero attached hydrogens (tertiary/aromatic N) is 2. The number of benzene rings is 1. The average Bonchev–Trinajstić information content (AvgIpc) is 2.85. The number of thioether (sulfide) groups is 1. The number of carbonyl (C=O) groups is 1. The minimum atomic E-state index is 0.108. The molecule has 0 atom stereocenters. The Labute approximate surface area is 107 Å². The highest BCUT2D eigenvalue weighted by Gasteiger charge is 2.08. The first-order valence-electron chi connectivity index (χ1n) is 5.02. The number of hydrogen-bond donors (Lipinski definition) is 1. The van der Waals surface area contributed by atoms with Crippen molar-refractivity contribution in [1.29, 1.82) is 0 Å². The molecule has 0 bridgehead atoms. The van der Waals surface area contributed by atoms with Crippen molar-refractivity contribution in [3.8, 4) is 0 Å². The van der Waals surface area contributed by atoms with Crippen LogP contribution in [0.15, 0.2) is 34.7 Å². The van der Waals surface area contributed by atoms with Gasteiger partial charge in [-0.2, -0.15) is 0 Å². The fourth-order valence-electron chi connectivity index (χ4n) is 1.20. The van der Waals surface area contributed by atoms with Gasteiger partial charge in [-0.05, 0) is 0 Å². The van der Waals surface area contributed by atoms with Gasteiger partial charge < -0.3 is 5.32 Å². The third-order valence-corrected chi connectivity index (χ3v) is 4.12. The van der Waals surface area contributed by atoms with Gasteiger partial charge in [0.1, 0.15) is 0 Å². The third-order valence-electron chi connectivity index (χ3n) is 2.04. The summed E-state index contributed by atoms with van der Waals surface area (Å²) in [6.45, 7) is 0. The Kier molecular flexibility index (Phi) is 4.11. The molecule has 0 fully saturated rings. The number of anilines is 1. The number of Topliss-reactive ketones (excluding diaryl/α,β-unsaturated/α-hetero) is 1. The second-order valence-corrected chi connectivity index (χ2v) is 5.40. The summed E-state index contributed by atoms with van der Waals surface area (Å²) in [5.74, 6) is 0.499. The molecule has 1 heterocycles. The molecule has 6 heteroatoms. The number of carbonyl (C=O) groups excluding carboxylic acids is 1. The Morgan fingerprint density at radius 3 is 2.76 bits per heavy atom. The van der Waals surface area contributed by atoms with Crippen molar-refractivity contribution in [3.63, 3.8) is 0 Å². The molecule has 0 aliphatic heterocycles. The Hall–Kier alpha value is -1.40. The van der Waals surface area contributed by atoms with Crippen molar-refractivity contribution < 1.29 is 4.79 Å². The van der Waals surface area contributed by atoms with E-state index in [1.54, 1.807) is 7.05 Å². The molecule has 1 N–H and O–H groups in total. The first-order chi connectivity index (χ1) is 8.29. The lowest BCUT2D eigenvalue weighted by atomic mass is 10.2. The molecule has 0 amide bonds. The number of ketones is 1. The van der Waals surface area contributed by atoms with Gasteiger partial charge in [-0.25, -0.2) is 0 Å². The van der Waals surface area contributed by atoms with Crippen LogP contribution < -0.4 is 5.32 Å². The van der Waals surface area contributed by atoms with Crippen molar-refractivity contribution in [3.05, 3.63) is 35.9 Å². The lowest BCUT2D eigenvalue weighted by molar-refractivity contribution is 0.102. The Balaban J connectivity index is 1.92. The number of rotatable bonds is 5. The second kappa shape index (κ2) is 5.79. The number of hydrogen-bond acceptors (Lipinski definition) is 6. The van der Waals surface area contributed by atoms with E-state index in [1.807, 2.05) is 30.3 Å². The van der Waals surface area contributed by atoms with Crippen LogP contribution in [0.5, 0.6) is 0 Å². The van der Waals surface area contributed by atoms with Gasteiger partial charge >= 0.3 is 0 Å². The van der Waals surface area contributed by atoms with Gasteiger partial charge in [-0.1, -0.05) is 53.4 Å². The fraction of sp³-hybridized carbons (Fsp3) is 0.182. The fourth-order valence-corrected chi connectivity index (χ4v) is 2.80. The second-order valence-electron chi connectivity index (χ2n) is 3.20. The van der Waals surface area contributed by atoms with Crippen LogP contribution in [0.25, 0.3) is 0 Å². The van der Waals surface area contributed by atoms with E-state index < -0.39 is 0 Å². The van der Waals surface area contributed by atoms with Crippen LogP contribution in [0.3, 0.4) is 0 Å². The van der Waals surface area contributed by atoms with Gasteiger partial charge in [0.15, 0.2) is 10.1 Å². The maximum Gasteiger partial charge on any atom is 0.206 e. The van der Waals surface area contributed by atoms with Crippen molar-refractivity contribution in [2.45, 2.75) is 4.34 Å². The standard InChI is InChI=1S/C11H11N3OS2/c1-12-10-13-14-11(17-10)16-7-9(15)8-5-3-2-4-6-8/h2-6H,7H2,1H3,(H,12,13). The highest BCUT2D eigenvalue weighted by molar-refractivity contribution is 8.01. The summed E-state index contributed by atoms with van der Waals surface area (Å²) in [6, 6.07) is 9.27. The highest BCUT2D eigenvalue weighted by atomic mass is 32.2. The molecule has 0 radical (unpaired) electrons. The smallest absolute Gasteiger partial charge is 0.206 e. The molecule has 0 aliphatic carbocycles. The molecule has 2 aromatic rings. The minimum Gasteiger partial charge on any atom is -0.363 e. The molecule has 17 heavy (non-hydrogen) atoms. The zero-order valence-corrected chi connectivity index (χ0v) is 10.8. The maximum atomic E-state index is 11.8. The van der Waals surface area contributed by atoms with Crippen LogP contribution >= 0.6 is 23.1 Å². The van der Waals surface area contributed by atoms with E-state index in [9.17, 15) is 4.79 Å². The van der Waals surface area contributed by atoms with Crippen LogP contribution in [0.1, 0.15) is 10.4 Å². The van der Waals surface area contributed by atoms with E-state index in [1.165, 1.54) is 23.1 Å². The summed E-state index contributed by atoms with van der Waals surface area (Å²) in [4.78, 5) is 11.8. The molecule has 0 spiro atoms. The summed E-state index contributed by atoms with van der Waals surface area (Å²) >= 11 is 2.86. The van der Waals surface area contributed by atoms with E-state index in [4.69, 9.17) is 0 Å². The molecule has 1 aromatic heterocycles. The van der Waals surface area contributed by atoms with Crippen LogP contribution in [-0.4, -0.2) is 28.8 Å². The van der Waals surface area contributed by atoms with Gasteiger partial charge in [0.05, 0.1) is 5.75 Å². The van der Waals surface area contributed by atoms with E-state index in [2.05, 4.69) is 15.5 Å². The molecule has 0 aliphatic rings. The molecular formula is C11H11N3OS2. The van der Waals surface area contributed by atoms with Gasteiger partial charge in [-0.15, -0.1) is 10.2 Å². The summed E-state index contributed by atoms with van der Waals surface area (Å²) in [5, 5.41) is 11.6. The summed E-state index contributed by atoms with van der Waals surface area (Å²) in [6.07, 6.45) is 0. The molecule has 88 valence electrons. The highest BCUT2D eigenvalue weighted by Crippen LogP contribution is 2.25. The van der Waals surface area contributed by atoms with Crippen LogP contribution in [0.4, 0.5) is 5.13 Å². The van der Waals surface area contributed by atoms with E-state index in [-0.39, 0.29) is 5.78 Å². The SMILES string of the molecule is CNc1nnc(SCC(=O)c2ccccc2)s1. The van der Waals surface area contributed by atoms with Crippen molar-refractivity contribution in [1.82, 2.24) is 10.2 Å². The van der Waals surface area contributed by atoms with Crippen LogP contribution in [-0.2, 0) is 0 Å². The minimum absolute atomic E-state index is 0.108. The van der Waals surface area contributed by atoms with Gasteiger partial charge in [0, 0.05) is 12.6 Å². The van der Waals surface area contributed by atoms with Gasteiger partial charge in [0.25, 0.3) is 0 Å². The molecule has 4 nitrogen and oxygen atoms in total. The van der Waals surface area contributed by atoms with E-state index in [0.717, 1.165) is 15.0 Å². The first-order valence-corrected chi connectivity index (χ1v) is 6.82. The first kappa shape index (κ1) is 12.1. The predicted molar refractivity (Wildman–Crippen MR) is 71.0 cm³/mol. The van der Waals surface area contributed by atoms with Gasteiger partial charge in [0.2, 0.25) is 5.13 Å². The lowest BCUT2D eigenvalue weighted by Gasteiger charge is -1.97. The van der Waals surface area contributed by atoms with Crippen molar-refractivity contribution in [2.75, 3.05) is 18.1 Å². The molecule has 0 saturated heterocycles. The molecular weight excluding hydrogens is 254 g/mol. The number of nitrogens with one attached hydrogen (secondary N) is 1. The summed E-state index contributed by atoms with van der Waals surface area (Å²) in [5.41, 5.74) is 0.735. The largest absolute Gasteiger partial charge is 0.363 e. The molecule has 0 unspecified atom stereocenters. The zero-order valence-electron chi connectivity index (χ0n) is 9.21. The third kappa shape index (κ3) is 3.28. The van der Waals surface area contributed by atoms with Crippen molar-refractivity contribution in [2.24, 2.45) is 0 Å². The molecule has 0 saturated carbocycles. The van der Waals surface area contributed by atoms with Crippen molar-refractivity contribution >= 4 is 34.0 Å². The topological polar surface area (TPSA) is 54.9 Å². The Bertz CT molecular complexity index is 498. The zero-order chi connectivity index (χ0) is 12.1. The van der Waals surface area contributed by atoms with E-state index >= 15 is 0 Å². The lowest BCUT2D eigenvalue weighted by Crippen LogP contribution is -2.01. The average molecular weight is 265 g/mol. The summed E-state index contributed by atoms with van der Waals surface area (Å²) < 4.78 is 0.804. The van der Waals surface area contributed by atoms with Crippen LogP contribution in [0, 0.1) is 0 Å². The Morgan fingerprint density at radius 2 is 2.12 bits per heavy atom. The maximum absolute atomic E-state index is 11.8. The van der Waals surface area contributed by atoms with Gasteiger partial charge in [-0.3, -0.25) is 4.79 Å². The molecule has 1 aromatic carbocycles. The van der Waals surface area contributed by atoms with E-state index in [0.29, 0.717) is 5.75 Å². The summed E-state index contributed by atoms with van der Waals surface area (Å²) in [7, 11) is 1.80. The normalized spacial score (nSPS) is 10.2. The predicted octanol–water partition coefficient (Wildman–Crippen LogP) is 2.55. The quantitative estimate of drug-likeness (QED) is 0.665. The Morgan fingerprint density at radius 1 is 1.35 bits per heavy atom. The van der Waals surface area contributed by atoms with Crippen LogP contribution in [0.2, 0.25) is 0 Å². The number of aromatic nitrogens is 2.